The topological polar surface area (TPSA) is 21.3 Å². The fourth-order valence-corrected chi connectivity index (χ4v) is 1.79. The summed E-state index contributed by atoms with van der Waals surface area (Å²) in [7, 11) is 0. The third-order valence-corrected chi connectivity index (χ3v) is 3.18. The van der Waals surface area contributed by atoms with Crippen LogP contribution in [-0.4, -0.2) is 12.1 Å². The highest BCUT2D eigenvalue weighted by atomic mass is 79.9. The first-order valence-corrected chi connectivity index (χ1v) is 7.23. The molecule has 0 aliphatic rings. The van der Waals surface area contributed by atoms with Crippen molar-refractivity contribution in [3.8, 4) is 5.75 Å². The van der Waals surface area contributed by atoms with E-state index < -0.39 is 0 Å². The van der Waals surface area contributed by atoms with Crippen LogP contribution in [0.4, 0.5) is 0 Å². The van der Waals surface area contributed by atoms with Gasteiger partial charge in [-0.15, -0.1) is 0 Å². The molecule has 0 fully saturated rings. The Morgan fingerprint density at radius 3 is 2.50 bits per heavy atom. The number of ether oxygens (including phenoxy) is 1. The van der Waals surface area contributed by atoms with E-state index in [0.717, 1.165) is 23.4 Å². The van der Waals surface area contributed by atoms with E-state index in [2.05, 4.69) is 68.0 Å². The van der Waals surface area contributed by atoms with Crippen LogP contribution >= 0.6 is 15.9 Å². The zero-order chi connectivity index (χ0) is 13.8. The third kappa shape index (κ3) is 5.87. The van der Waals surface area contributed by atoms with Gasteiger partial charge in [0.15, 0.2) is 0 Å². The van der Waals surface area contributed by atoms with E-state index in [9.17, 15) is 0 Å². The molecule has 0 amide bonds. The molecule has 0 saturated carbocycles. The smallest absolute Gasteiger partial charge is 0.119 e. The van der Waals surface area contributed by atoms with Gasteiger partial charge in [0.25, 0.3) is 0 Å². The Morgan fingerprint density at radius 2 is 1.94 bits per heavy atom. The zero-order valence-electron chi connectivity index (χ0n) is 12.0. The molecule has 0 aromatic heterocycles. The van der Waals surface area contributed by atoms with Gasteiger partial charge in [0.2, 0.25) is 0 Å². The molecule has 3 heteroatoms. The minimum absolute atomic E-state index is 0.119. The highest BCUT2D eigenvalue weighted by Crippen LogP contribution is 2.23. The largest absolute Gasteiger partial charge is 0.493 e. The predicted molar refractivity (Wildman–Crippen MR) is 81.1 cm³/mol. The Labute approximate surface area is 119 Å². The molecule has 2 nitrogen and oxygen atoms in total. The summed E-state index contributed by atoms with van der Waals surface area (Å²) in [5, 5.41) is 3.49. The summed E-state index contributed by atoms with van der Waals surface area (Å²) >= 11 is 3.58. The number of benzene rings is 1. The Kier molecular flexibility index (Phi) is 5.67. The van der Waals surface area contributed by atoms with Gasteiger partial charge >= 0.3 is 0 Å². The van der Waals surface area contributed by atoms with Crippen LogP contribution in [0.3, 0.4) is 0 Å². The van der Waals surface area contributed by atoms with Crippen LogP contribution in [0.25, 0.3) is 0 Å². The van der Waals surface area contributed by atoms with Gasteiger partial charge in [-0.25, -0.2) is 0 Å². The van der Waals surface area contributed by atoms with Gasteiger partial charge in [0.05, 0.1) is 6.61 Å². The van der Waals surface area contributed by atoms with Crippen molar-refractivity contribution in [3.63, 3.8) is 0 Å². The van der Waals surface area contributed by atoms with Crippen molar-refractivity contribution < 1.29 is 4.74 Å². The molecule has 0 heterocycles. The first-order chi connectivity index (χ1) is 8.28. The minimum atomic E-state index is 0.119. The molecule has 0 saturated heterocycles. The molecule has 1 rings (SSSR count). The summed E-state index contributed by atoms with van der Waals surface area (Å²) in [6, 6.07) is 6.16. The Hall–Kier alpha value is -0.540. The van der Waals surface area contributed by atoms with Crippen molar-refractivity contribution in [3.05, 3.63) is 28.2 Å². The minimum Gasteiger partial charge on any atom is -0.493 e. The lowest BCUT2D eigenvalue weighted by atomic mass is 10.1. The van der Waals surface area contributed by atoms with Crippen molar-refractivity contribution in [2.45, 2.75) is 46.7 Å². The maximum absolute atomic E-state index is 5.75. The fraction of sp³-hybridized carbons (Fsp3) is 0.600. The summed E-state index contributed by atoms with van der Waals surface area (Å²) in [5.74, 6) is 1.49. The second-order valence-corrected chi connectivity index (χ2v) is 6.92. The quantitative estimate of drug-likeness (QED) is 0.871. The van der Waals surface area contributed by atoms with E-state index in [1.165, 1.54) is 5.56 Å². The van der Waals surface area contributed by atoms with Crippen molar-refractivity contribution in [2.75, 3.05) is 6.61 Å². The summed E-state index contributed by atoms with van der Waals surface area (Å²) in [5.41, 5.74) is 1.35. The van der Waals surface area contributed by atoms with E-state index in [-0.39, 0.29) is 5.54 Å². The average Bonchev–Trinajstić information content (AvgIpc) is 2.25. The Bertz CT molecular complexity index is 383. The van der Waals surface area contributed by atoms with Gasteiger partial charge < -0.3 is 10.1 Å². The van der Waals surface area contributed by atoms with Gasteiger partial charge in [-0.3, -0.25) is 0 Å². The highest BCUT2D eigenvalue weighted by Gasteiger charge is 2.10. The molecule has 0 aliphatic carbocycles. The number of halogens is 1. The molecule has 0 bridgehead atoms. The number of nitrogens with one attached hydrogen (secondary N) is 1. The Balaban J connectivity index is 2.69. The molecule has 18 heavy (non-hydrogen) atoms. The van der Waals surface area contributed by atoms with Crippen molar-refractivity contribution in [2.24, 2.45) is 5.92 Å². The monoisotopic (exact) mass is 313 g/mol. The zero-order valence-corrected chi connectivity index (χ0v) is 13.6. The van der Waals surface area contributed by atoms with E-state index in [4.69, 9.17) is 4.74 Å². The lowest BCUT2D eigenvalue weighted by Crippen LogP contribution is -2.35. The molecule has 0 radical (unpaired) electrons. The second-order valence-electron chi connectivity index (χ2n) is 6.06. The predicted octanol–water partition coefficient (Wildman–Crippen LogP) is 4.37. The molecule has 0 spiro atoms. The molecule has 1 aromatic carbocycles. The normalized spacial score (nSPS) is 11.9. The van der Waals surface area contributed by atoms with E-state index >= 15 is 0 Å². The average molecular weight is 314 g/mol. The van der Waals surface area contributed by atoms with Crippen LogP contribution in [0, 0.1) is 5.92 Å². The molecule has 102 valence electrons. The van der Waals surface area contributed by atoms with Crippen LogP contribution in [0.5, 0.6) is 5.75 Å². The van der Waals surface area contributed by atoms with Gasteiger partial charge in [-0.05, 0) is 50.5 Å². The van der Waals surface area contributed by atoms with Gasteiger partial charge in [-0.1, -0.05) is 29.8 Å². The maximum Gasteiger partial charge on any atom is 0.119 e. The molecule has 0 unspecified atom stereocenters. The first-order valence-electron chi connectivity index (χ1n) is 6.44. The summed E-state index contributed by atoms with van der Waals surface area (Å²) in [6.45, 7) is 12.4. The highest BCUT2D eigenvalue weighted by molar-refractivity contribution is 9.10. The van der Waals surface area contributed by atoms with E-state index in [1.54, 1.807) is 0 Å². The number of hydrogen-bond donors (Lipinski definition) is 1. The van der Waals surface area contributed by atoms with E-state index in [0.29, 0.717) is 5.92 Å². The maximum atomic E-state index is 5.75. The lowest BCUT2D eigenvalue weighted by molar-refractivity contribution is 0.270. The van der Waals surface area contributed by atoms with Crippen molar-refractivity contribution in [1.29, 1.82) is 0 Å². The molecule has 0 atom stereocenters. The first kappa shape index (κ1) is 15.5. The molecule has 1 N–H and O–H groups in total. The molecule has 0 aliphatic heterocycles. The molecular weight excluding hydrogens is 290 g/mol. The third-order valence-electron chi connectivity index (χ3n) is 2.41. The fourth-order valence-electron chi connectivity index (χ4n) is 1.40. The van der Waals surface area contributed by atoms with Gasteiger partial charge in [-0.2, -0.15) is 0 Å². The summed E-state index contributed by atoms with van der Waals surface area (Å²) in [4.78, 5) is 0. The standard InChI is InChI=1S/C15H24BrNO/c1-11(2)10-18-13-6-7-14(16)12(8-13)9-17-15(3,4)5/h6-8,11,17H,9-10H2,1-5H3. The van der Waals surface area contributed by atoms with Crippen LogP contribution in [0.2, 0.25) is 0 Å². The Morgan fingerprint density at radius 1 is 1.28 bits per heavy atom. The van der Waals surface area contributed by atoms with Crippen LogP contribution in [0.1, 0.15) is 40.2 Å². The summed E-state index contributed by atoms with van der Waals surface area (Å²) in [6.07, 6.45) is 0. The summed E-state index contributed by atoms with van der Waals surface area (Å²) < 4.78 is 6.87. The van der Waals surface area contributed by atoms with Crippen molar-refractivity contribution in [1.82, 2.24) is 5.32 Å². The van der Waals surface area contributed by atoms with Crippen LogP contribution in [-0.2, 0) is 6.54 Å². The van der Waals surface area contributed by atoms with Crippen molar-refractivity contribution >= 4 is 15.9 Å². The van der Waals surface area contributed by atoms with Crippen LogP contribution in [0.15, 0.2) is 22.7 Å². The number of hydrogen-bond acceptors (Lipinski definition) is 2. The molecule has 1 aromatic rings. The lowest BCUT2D eigenvalue weighted by Gasteiger charge is -2.21. The van der Waals surface area contributed by atoms with Crippen LogP contribution < -0.4 is 10.1 Å². The second kappa shape index (κ2) is 6.58. The van der Waals surface area contributed by atoms with Gasteiger partial charge in [0.1, 0.15) is 5.75 Å². The van der Waals surface area contributed by atoms with Gasteiger partial charge in [0, 0.05) is 16.6 Å². The molecular formula is C15H24BrNO. The number of rotatable bonds is 5. The SMILES string of the molecule is CC(C)COc1ccc(Br)c(CNC(C)(C)C)c1. The van der Waals surface area contributed by atoms with E-state index in [1.807, 2.05) is 6.07 Å².